The van der Waals surface area contributed by atoms with E-state index in [0.717, 1.165) is 23.7 Å². The maximum absolute atomic E-state index is 12.3. The zero-order valence-corrected chi connectivity index (χ0v) is 16.9. The molecule has 0 unspecified atom stereocenters. The zero-order valence-electron chi connectivity index (χ0n) is 14.4. The molecule has 27 heavy (non-hydrogen) atoms. The molecular weight excluding hydrogens is 407 g/mol. The highest BCUT2D eigenvalue weighted by Gasteiger charge is 2.24. The van der Waals surface area contributed by atoms with E-state index in [4.69, 9.17) is 15.7 Å². The van der Waals surface area contributed by atoms with Crippen LogP contribution in [-0.2, 0) is 11.2 Å². The third-order valence-electron chi connectivity index (χ3n) is 3.87. The van der Waals surface area contributed by atoms with E-state index in [1.165, 1.54) is 0 Å². The monoisotopic (exact) mass is 426 g/mol. The van der Waals surface area contributed by atoms with E-state index < -0.39 is 6.04 Å². The van der Waals surface area contributed by atoms with E-state index in [-0.39, 0.29) is 36.6 Å². The summed E-state index contributed by atoms with van der Waals surface area (Å²) in [6.45, 7) is 0.773. The van der Waals surface area contributed by atoms with Gasteiger partial charge in [0.2, 0.25) is 11.8 Å². The Morgan fingerprint density at radius 1 is 1.33 bits per heavy atom. The van der Waals surface area contributed by atoms with Crippen molar-refractivity contribution in [2.24, 2.45) is 5.73 Å². The number of carbonyl (C=O) groups is 1. The van der Waals surface area contributed by atoms with Gasteiger partial charge in [-0.2, -0.15) is 5.26 Å². The Morgan fingerprint density at radius 3 is 2.70 bits per heavy atom. The molecule has 9 heteroatoms. The molecule has 1 amide bonds. The number of rotatable bonds is 5. The van der Waals surface area contributed by atoms with E-state index >= 15 is 0 Å². The number of halogens is 2. The highest BCUT2D eigenvalue weighted by Crippen LogP contribution is 2.23. The molecule has 1 aromatic carbocycles. The van der Waals surface area contributed by atoms with Crippen LogP contribution in [0.2, 0.25) is 0 Å². The predicted molar refractivity (Wildman–Crippen MR) is 111 cm³/mol. The largest absolute Gasteiger partial charge is 0.438 e. The molecule has 6 nitrogen and oxygen atoms in total. The molecule has 1 fully saturated rings. The fraction of sp³-hybridized carbons (Fsp3) is 0.278. The number of aromatic nitrogens is 1. The van der Waals surface area contributed by atoms with Crippen LogP contribution in [0.15, 0.2) is 42.6 Å². The first-order valence-corrected chi connectivity index (χ1v) is 9.07. The molecule has 1 aliphatic heterocycles. The SMILES string of the molecule is Cl.Cl.N#Cc1cccnc1Oc1ccc(C[C@H](N)C(=O)N2CCSC2)cc1. The lowest BCUT2D eigenvalue weighted by Crippen LogP contribution is -2.43. The van der Waals surface area contributed by atoms with Gasteiger partial charge in [0.05, 0.1) is 11.9 Å². The standard InChI is InChI=1S/C18H18N4O2S.2ClH/c19-11-14-2-1-7-21-17(14)24-15-5-3-13(4-6-15)10-16(20)18(23)22-8-9-25-12-22;;/h1-7,16H,8-10,12,20H2;2*1H/t16-;;/m0../s1. The van der Waals surface area contributed by atoms with Gasteiger partial charge in [0.15, 0.2) is 0 Å². The first-order chi connectivity index (χ1) is 12.2. The third kappa shape index (κ3) is 6.01. The first-order valence-electron chi connectivity index (χ1n) is 7.91. The van der Waals surface area contributed by atoms with Gasteiger partial charge in [-0.1, -0.05) is 12.1 Å². The highest BCUT2D eigenvalue weighted by atomic mass is 35.5. The van der Waals surface area contributed by atoms with Crippen LogP contribution >= 0.6 is 36.6 Å². The third-order valence-corrected chi connectivity index (χ3v) is 4.83. The van der Waals surface area contributed by atoms with Crippen molar-refractivity contribution in [2.45, 2.75) is 12.5 Å². The molecular formula is C18H20Cl2N4O2S. The summed E-state index contributed by atoms with van der Waals surface area (Å²) in [6.07, 6.45) is 2.05. The molecule has 2 heterocycles. The zero-order chi connectivity index (χ0) is 17.6. The van der Waals surface area contributed by atoms with Crippen LogP contribution in [0.5, 0.6) is 11.6 Å². The number of pyridine rings is 1. The lowest BCUT2D eigenvalue weighted by Gasteiger charge is -2.19. The average Bonchev–Trinajstić information content (AvgIpc) is 3.18. The van der Waals surface area contributed by atoms with Crippen molar-refractivity contribution in [2.75, 3.05) is 18.2 Å². The van der Waals surface area contributed by atoms with Gasteiger partial charge in [0.1, 0.15) is 17.4 Å². The number of thioether (sulfide) groups is 1. The van der Waals surface area contributed by atoms with E-state index in [1.54, 1.807) is 47.1 Å². The summed E-state index contributed by atoms with van der Waals surface area (Å²) in [5, 5.41) is 9.06. The number of amides is 1. The Morgan fingerprint density at radius 2 is 2.07 bits per heavy atom. The molecule has 1 saturated heterocycles. The topological polar surface area (TPSA) is 92.2 Å². The maximum atomic E-state index is 12.3. The second-order valence-corrected chi connectivity index (χ2v) is 6.74. The molecule has 0 saturated carbocycles. The number of hydrogen-bond acceptors (Lipinski definition) is 6. The van der Waals surface area contributed by atoms with E-state index in [9.17, 15) is 4.79 Å². The molecule has 0 bridgehead atoms. The normalized spacial score (nSPS) is 13.7. The number of benzene rings is 1. The Bertz CT molecular complexity index is 793. The highest BCUT2D eigenvalue weighted by molar-refractivity contribution is 7.99. The van der Waals surface area contributed by atoms with Crippen molar-refractivity contribution in [3.63, 3.8) is 0 Å². The second-order valence-electron chi connectivity index (χ2n) is 5.66. The fourth-order valence-electron chi connectivity index (χ4n) is 2.53. The van der Waals surface area contributed by atoms with Crippen LogP contribution in [0.3, 0.4) is 0 Å². The van der Waals surface area contributed by atoms with Gasteiger partial charge in [-0.3, -0.25) is 4.79 Å². The van der Waals surface area contributed by atoms with Crippen molar-refractivity contribution >= 4 is 42.5 Å². The molecule has 0 spiro atoms. The summed E-state index contributed by atoms with van der Waals surface area (Å²) in [7, 11) is 0. The molecule has 2 aromatic rings. The van der Waals surface area contributed by atoms with Crippen LogP contribution in [0.4, 0.5) is 0 Å². The van der Waals surface area contributed by atoms with Crippen molar-refractivity contribution in [3.05, 3.63) is 53.7 Å². The summed E-state index contributed by atoms with van der Waals surface area (Å²) in [6, 6.07) is 12.2. The Hall–Kier alpha value is -1.98. The predicted octanol–water partition coefficient (Wildman–Crippen LogP) is 2.99. The van der Waals surface area contributed by atoms with Crippen LogP contribution in [0, 0.1) is 11.3 Å². The fourth-order valence-corrected chi connectivity index (χ4v) is 3.48. The van der Waals surface area contributed by atoms with E-state index in [1.807, 2.05) is 18.2 Å². The minimum atomic E-state index is -0.536. The van der Waals surface area contributed by atoms with Gasteiger partial charge in [-0.15, -0.1) is 36.6 Å². The Kier molecular flexibility index (Phi) is 9.39. The van der Waals surface area contributed by atoms with Crippen LogP contribution in [0.1, 0.15) is 11.1 Å². The number of nitrogens with two attached hydrogens (primary N) is 1. The molecule has 1 aliphatic rings. The van der Waals surface area contributed by atoms with Gasteiger partial charge in [-0.25, -0.2) is 4.98 Å². The molecule has 0 radical (unpaired) electrons. The smallest absolute Gasteiger partial charge is 0.240 e. The van der Waals surface area contributed by atoms with Crippen molar-refractivity contribution in [1.82, 2.24) is 9.88 Å². The van der Waals surface area contributed by atoms with Crippen LogP contribution < -0.4 is 10.5 Å². The Balaban J connectivity index is 0.00000182. The summed E-state index contributed by atoms with van der Waals surface area (Å²) in [4.78, 5) is 18.1. The van der Waals surface area contributed by atoms with Crippen molar-refractivity contribution in [3.8, 4) is 17.7 Å². The van der Waals surface area contributed by atoms with Gasteiger partial charge in [0, 0.05) is 18.5 Å². The van der Waals surface area contributed by atoms with Gasteiger partial charge >= 0.3 is 0 Å². The summed E-state index contributed by atoms with van der Waals surface area (Å²) >= 11 is 1.74. The molecule has 2 N–H and O–H groups in total. The summed E-state index contributed by atoms with van der Waals surface area (Å²) in [5.41, 5.74) is 7.39. The lowest BCUT2D eigenvalue weighted by molar-refractivity contribution is -0.131. The molecule has 3 rings (SSSR count). The summed E-state index contributed by atoms with van der Waals surface area (Å²) in [5.74, 6) is 2.55. The number of nitriles is 1. The second kappa shape index (κ2) is 11.0. The van der Waals surface area contributed by atoms with E-state index in [0.29, 0.717) is 17.7 Å². The first kappa shape index (κ1) is 23.1. The van der Waals surface area contributed by atoms with Gasteiger partial charge in [-0.05, 0) is 36.2 Å². The van der Waals surface area contributed by atoms with E-state index in [2.05, 4.69) is 4.98 Å². The van der Waals surface area contributed by atoms with Crippen molar-refractivity contribution in [1.29, 1.82) is 5.26 Å². The van der Waals surface area contributed by atoms with Gasteiger partial charge < -0.3 is 15.4 Å². The maximum Gasteiger partial charge on any atom is 0.240 e. The van der Waals surface area contributed by atoms with Crippen molar-refractivity contribution < 1.29 is 9.53 Å². The molecule has 144 valence electrons. The number of carbonyl (C=O) groups excluding carboxylic acids is 1. The molecule has 0 aliphatic carbocycles. The lowest BCUT2D eigenvalue weighted by atomic mass is 10.1. The minimum Gasteiger partial charge on any atom is -0.438 e. The Labute approximate surface area is 174 Å². The molecule has 1 atom stereocenters. The quantitative estimate of drug-likeness (QED) is 0.789. The number of ether oxygens (including phenoxy) is 1. The van der Waals surface area contributed by atoms with Gasteiger partial charge in [0.25, 0.3) is 0 Å². The average molecular weight is 427 g/mol. The summed E-state index contributed by atoms with van der Waals surface area (Å²) < 4.78 is 5.65. The van der Waals surface area contributed by atoms with Crippen LogP contribution in [0.25, 0.3) is 0 Å². The number of hydrogen-bond donors (Lipinski definition) is 1. The number of nitrogens with zero attached hydrogens (tertiary/aromatic N) is 3. The minimum absolute atomic E-state index is 0. The molecule has 1 aromatic heterocycles. The van der Waals surface area contributed by atoms with Crippen LogP contribution in [-0.4, -0.2) is 40.0 Å².